The molecule has 0 bridgehead atoms. The summed E-state index contributed by atoms with van der Waals surface area (Å²) in [6, 6.07) is 0. The Balaban J connectivity index is 1.98. The highest BCUT2D eigenvalue weighted by Gasteiger charge is 2.38. The van der Waals surface area contributed by atoms with Crippen molar-refractivity contribution in [2.24, 2.45) is 17.8 Å². The molecule has 0 aromatic heterocycles. The van der Waals surface area contributed by atoms with Gasteiger partial charge in [-0.1, -0.05) is 19.8 Å². The van der Waals surface area contributed by atoms with Crippen molar-refractivity contribution in [2.75, 3.05) is 0 Å². The van der Waals surface area contributed by atoms with Crippen LogP contribution in [0.25, 0.3) is 0 Å². The average Bonchev–Trinajstić information content (AvgIpc) is 2.15. The van der Waals surface area contributed by atoms with E-state index in [0.717, 1.165) is 32.1 Å². The van der Waals surface area contributed by atoms with Gasteiger partial charge in [0.05, 0.1) is 5.92 Å². The summed E-state index contributed by atoms with van der Waals surface area (Å²) in [5.41, 5.74) is 0. The maximum atomic E-state index is 12.0. The molecule has 84 valence electrons. The van der Waals surface area contributed by atoms with Gasteiger partial charge >= 0.3 is 0 Å². The van der Waals surface area contributed by atoms with Crippen molar-refractivity contribution in [2.45, 2.75) is 51.9 Å². The standard InChI is InChI=1S/C13H20O2/c1-2-9-6-7-12(14)11(8-9)13(15)10-4-3-5-10/h9-11H,2-8H2,1H3. The lowest BCUT2D eigenvalue weighted by atomic mass is 9.70. The Hall–Kier alpha value is -0.660. The fourth-order valence-electron chi connectivity index (χ4n) is 2.73. The second-order valence-corrected chi connectivity index (χ2v) is 5.10. The van der Waals surface area contributed by atoms with Crippen LogP contribution in [-0.4, -0.2) is 11.6 Å². The highest BCUT2D eigenvalue weighted by Crippen LogP contribution is 2.36. The first-order chi connectivity index (χ1) is 7.22. The lowest BCUT2D eigenvalue weighted by Gasteiger charge is -2.32. The van der Waals surface area contributed by atoms with Crippen molar-refractivity contribution in [1.29, 1.82) is 0 Å². The maximum absolute atomic E-state index is 12.0. The summed E-state index contributed by atoms with van der Waals surface area (Å²) in [6.07, 6.45) is 6.82. The van der Waals surface area contributed by atoms with Crippen LogP contribution in [0.15, 0.2) is 0 Å². The highest BCUT2D eigenvalue weighted by atomic mass is 16.2. The number of hydrogen-bond donors (Lipinski definition) is 0. The van der Waals surface area contributed by atoms with Crippen LogP contribution in [0.1, 0.15) is 51.9 Å². The van der Waals surface area contributed by atoms with Crippen LogP contribution in [0.5, 0.6) is 0 Å². The zero-order valence-electron chi connectivity index (χ0n) is 9.50. The number of carbonyl (C=O) groups is 2. The molecule has 0 aromatic carbocycles. The Bertz CT molecular complexity index is 266. The molecule has 2 saturated carbocycles. The molecule has 2 aliphatic rings. The van der Waals surface area contributed by atoms with Crippen LogP contribution in [0.4, 0.5) is 0 Å². The van der Waals surface area contributed by atoms with Gasteiger partial charge in [-0.25, -0.2) is 0 Å². The summed E-state index contributed by atoms with van der Waals surface area (Å²) in [5, 5.41) is 0. The summed E-state index contributed by atoms with van der Waals surface area (Å²) < 4.78 is 0. The van der Waals surface area contributed by atoms with E-state index >= 15 is 0 Å². The number of rotatable bonds is 3. The predicted molar refractivity (Wildman–Crippen MR) is 58.5 cm³/mol. The molecule has 0 heterocycles. The zero-order valence-corrected chi connectivity index (χ0v) is 9.50. The molecule has 2 heteroatoms. The largest absolute Gasteiger partial charge is 0.299 e. The van der Waals surface area contributed by atoms with E-state index in [2.05, 4.69) is 6.92 Å². The first-order valence-corrected chi connectivity index (χ1v) is 6.28. The van der Waals surface area contributed by atoms with Crippen molar-refractivity contribution in [3.63, 3.8) is 0 Å². The summed E-state index contributed by atoms with van der Waals surface area (Å²) in [6.45, 7) is 2.16. The van der Waals surface area contributed by atoms with Crippen LogP contribution in [-0.2, 0) is 9.59 Å². The predicted octanol–water partition coefficient (Wildman–Crippen LogP) is 2.75. The second kappa shape index (κ2) is 4.46. The molecule has 2 unspecified atom stereocenters. The molecule has 2 rings (SSSR count). The van der Waals surface area contributed by atoms with Crippen molar-refractivity contribution in [3.05, 3.63) is 0 Å². The van der Waals surface area contributed by atoms with Crippen molar-refractivity contribution in [3.8, 4) is 0 Å². The Morgan fingerprint density at radius 1 is 1.33 bits per heavy atom. The lowest BCUT2D eigenvalue weighted by molar-refractivity contribution is -0.139. The van der Waals surface area contributed by atoms with Crippen molar-refractivity contribution in [1.82, 2.24) is 0 Å². The van der Waals surface area contributed by atoms with Crippen molar-refractivity contribution >= 4 is 11.6 Å². The zero-order chi connectivity index (χ0) is 10.8. The molecule has 2 fully saturated rings. The van der Waals surface area contributed by atoms with Gasteiger partial charge in [0.2, 0.25) is 0 Å². The van der Waals surface area contributed by atoms with Gasteiger partial charge in [0, 0.05) is 12.3 Å². The van der Waals surface area contributed by atoms with E-state index in [1.165, 1.54) is 6.42 Å². The lowest BCUT2D eigenvalue weighted by Crippen LogP contribution is -2.37. The van der Waals surface area contributed by atoms with Gasteiger partial charge in [-0.05, 0) is 31.6 Å². The molecule has 0 saturated heterocycles. The first-order valence-electron chi connectivity index (χ1n) is 6.28. The fraction of sp³-hybridized carbons (Fsp3) is 0.846. The molecule has 15 heavy (non-hydrogen) atoms. The van der Waals surface area contributed by atoms with Crippen molar-refractivity contribution < 1.29 is 9.59 Å². The Morgan fingerprint density at radius 2 is 2.07 bits per heavy atom. The molecule has 0 spiro atoms. The minimum atomic E-state index is -0.228. The van der Waals surface area contributed by atoms with Crippen LogP contribution < -0.4 is 0 Å². The van der Waals surface area contributed by atoms with Crippen LogP contribution in [0, 0.1) is 17.8 Å². The Kier molecular flexibility index (Phi) is 3.22. The third kappa shape index (κ3) is 2.14. The molecule has 0 amide bonds. The van der Waals surface area contributed by atoms with Gasteiger partial charge in [0.1, 0.15) is 11.6 Å². The molecule has 2 atom stereocenters. The third-order valence-corrected chi connectivity index (χ3v) is 4.19. The first kappa shape index (κ1) is 10.8. The average molecular weight is 208 g/mol. The van der Waals surface area contributed by atoms with Crippen LogP contribution in [0.3, 0.4) is 0 Å². The topological polar surface area (TPSA) is 34.1 Å². The molecule has 0 aromatic rings. The molecule has 2 aliphatic carbocycles. The van der Waals surface area contributed by atoms with Gasteiger partial charge in [-0.2, -0.15) is 0 Å². The van der Waals surface area contributed by atoms with Crippen LogP contribution >= 0.6 is 0 Å². The summed E-state index contributed by atoms with van der Waals surface area (Å²) in [7, 11) is 0. The van der Waals surface area contributed by atoms with E-state index in [1.807, 2.05) is 0 Å². The van der Waals surface area contributed by atoms with E-state index < -0.39 is 0 Å². The van der Waals surface area contributed by atoms with Gasteiger partial charge < -0.3 is 0 Å². The minimum Gasteiger partial charge on any atom is -0.299 e. The van der Waals surface area contributed by atoms with E-state index in [1.54, 1.807) is 0 Å². The smallest absolute Gasteiger partial charge is 0.146 e. The number of carbonyl (C=O) groups excluding carboxylic acids is 2. The maximum Gasteiger partial charge on any atom is 0.146 e. The number of hydrogen-bond acceptors (Lipinski definition) is 2. The third-order valence-electron chi connectivity index (χ3n) is 4.19. The molecule has 0 radical (unpaired) electrons. The highest BCUT2D eigenvalue weighted by molar-refractivity contribution is 6.04. The SMILES string of the molecule is CCC1CCC(=O)C(C(=O)C2CCC2)C1. The molecule has 0 aliphatic heterocycles. The fourth-order valence-corrected chi connectivity index (χ4v) is 2.73. The quantitative estimate of drug-likeness (QED) is 0.668. The van der Waals surface area contributed by atoms with E-state index in [4.69, 9.17) is 0 Å². The van der Waals surface area contributed by atoms with Gasteiger partial charge in [-0.15, -0.1) is 0 Å². The normalized spacial score (nSPS) is 32.5. The minimum absolute atomic E-state index is 0.219. The van der Waals surface area contributed by atoms with Gasteiger partial charge in [-0.3, -0.25) is 9.59 Å². The summed E-state index contributed by atoms with van der Waals surface area (Å²) >= 11 is 0. The Morgan fingerprint density at radius 3 is 2.60 bits per heavy atom. The van der Waals surface area contributed by atoms with E-state index in [9.17, 15) is 9.59 Å². The molecular weight excluding hydrogens is 188 g/mol. The summed E-state index contributed by atoms with van der Waals surface area (Å²) in [5.74, 6) is 1.10. The molecule has 2 nitrogen and oxygen atoms in total. The summed E-state index contributed by atoms with van der Waals surface area (Å²) in [4.78, 5) is 23.8. The van der Waals surface area contributed by atoms with Gasteiger partial charge in [0.15, 0.2) is 0 Å². The monoisotopic (exact) mass is 208 g/mol. The molecule has 0 N–H and O–H groups in total. The van der Waals surface area contributed by atoms with Gasteiger partial charge in [0.25, 0.3) is 0 Å². The number of ketones is 2. The second-order valence-electron chi connectivity index (χ2n) is 5.10. The van der Waals surface area contributed by atoms with E-state index in [-0.39, 0.29) is 23.4 Å². The number of Topliss-reactive ketones (excluding diaryl/α,β-unsaturated/α-hetero) is 2. The Labute approximate surface area is 91.4 Å². The van der Waals surface area contributed by atoms with E-state index in [0.29, 0.717) is 12.3 Å². The molecular formula is C13H20O2. The van der Waals surface area contributed by atoms with Crippen LogP contribution in [0.2, 0.25) is 0 Å².